The Hall–Kier alpha value is -1.09. The van der Waals surface area contributed by atoms with Gasteiger partial charge in [0.25, 0.3) is 0 Å². The van der Waals surface area contributed by atoms with Gasteiger partial charge in [0.2, 0.25) is 0 Å². The number of nitrogens with zero attached hydrogens (tertiary/aromatic N) is 1. The Morgan fingerprint density at radius 2 is 2.22 bits per heavy atom. The number of aryl methyl sites for hydroxylation is 1. The fourth-order valence-corrected chi connectivity index (χ4v) is 2.63. The van der Waals surface area contributed by atoms with Crippen LogP contribution in [0.3, 0.4) is 0 Å². The first kappa shape index (κ1) is 13.3. The van der Waals surface area contributed by atoms with Gasteiger partial charge in [-0.25, -0.2) is 4.39 Å². The fraction of sp³-hybridized carbons (Fsp3) is 0.600. The predicted octanol–water partition coefficient (Wildman–Crippen LogP) is 2.96. The third kappa shape index (κ3) is 3.02. The fourth-order valence-electron chi connectivity index (χ4n) is 2.63. The minimum absolute atomic E-state index is 0.0903. The number of benzene rings is 1. The van der Waals surface area contributed by atoms with Gasteiger partial charge in [-0.3, -0.25) is 0 Å². The molecule has 1 fully saturated rings. The number of para-hydroxylation sites is 1. The van der Waals surface area contributed by atoms with Crippen LogP contribution in [0.1, 0.15) is 25.8 Å². The Balaban J connectivity index is 2.00. The third-order valence-electron chi connectivity index (χ3n) is 3.61. The lowest BCUT2D eigenvalue weighted by Crippen LogP contribution is -2.31. The number of halogens is 1. The molecule has 0 bridgehead atoms. The Kier molecular flexibility index (Phi) is 4.23. The maximum atomic E-state index is 13.9. The molecule has 2 nitrogen and oxygen atoms in total. The maximum Gasteiger partial charge on any atom is 0.146 e. The summed E-state index contributed by atoms with van der Waals surface area (Å²) in [6.07, 6.45) is 1.15. The van der Waals surface area contributed by atoms with Crippen molar-refractivity contribution in [3.63, 3.8) is 0 Å². The molecule has 1 aromatic carbocycles. The van der Waals surface area contributed by atoms with Crippen LogP contribution in [0, 0.1) is 18.7 Å². The lowest BCUT2D eigenvalue weighted by molar-refractivity contribution is 0.480. The van der Waals surface area contributed by atoms with Crippen LogP contribution in [0.25, 0.3) is 0 Å². The quantitative estimate of drug-likeness (QED) is 0.884. The van der Waals surface area contributed by atoms with Crippen molar-refractivity contribution in [3.8, 4) is 0 Å². The van der Waals surface area contributed by atoms with Gasteiger partial charge in [0.15, 0.2) is 0 Å². The van der Waals surface area contributed by atoms with Gasteiger partial charge in [0, 0.05) is 19.1 Å². The summed E-state index contributed by atoms with van der Waals surface area (Å²) in [5.41, 5.74) is 1.83. The van der Waals surface area contributed by atoms with E-state index in [0.29, 0.717) is 12.0 Å². The zero-order chi connectivity index (χ0) is 13.1. The molecule has 1 aromatic rings. The van der Waals surface area contributed by atoms with E-state index in [2.05, 4.69) is 24.1 Å². The molecule has 1 unspecified atom stereocenters. The summed E-state index contributed by atoms with van der Waals surface area (Å²) in [5.74, 6) is 0.541. The van der Waals surface area contributed by atoms with E-state index in [1.807, 2.05) is 13.0 Å². The summed E-state index contributed by atoms with van der Waals surface area (Å²) < 4.78 is 13.9. The van der Waals surface area contributed by atoms with Crippen molar-refractivity contribution in [2.24, 2.45) is 5.92 Å². The number of rotatable bonds is 4. The Morgan fingerprint density at radius 3 is 2.89 bits per heavy atom. The number of hydrogen-bond acceptors (Lipinski definition) is 2. The highest BCUT2D eigenvalue weighted by atomic mass is 19.1. The van der Waals surface area contributed by atoms with Crippen molar-refractivity contribution in [3.05, 3.63) is 29.6 Å². The summed E-state index contributed by atoms with van der Waals surface area (Å²) >= 11 is 0. The smallest absolute Gasteiger partial charge is 0.146 e. The average Bonchev–Trinajstić information content (AvgIpc) is 2.75. The molecule has 18 heavy (non-hydrogen) atoms. The second-order valence-corrected chi connectivity index (χ2v) is 5.57. The van der Waals surface area contributed by atoms with Gasteiger partial charge in [-0.05, 0) is 37.4 Å². The monoisotopic (exact) mass is 250 g/mol. The van der Waals surface area contributed by atoms with Crippen molar-refractivity contribution in [1.29, 1.82) is 0 Å². The molecule has 0 amide bonds. The number of nitrogens with one attached hydrogen (secondary N) is 1. The molecule has 0 radical (unpaired) electrons. The van der Waals surface area contributed by atoms with Gasteiger partial charge < -0.3 is 10.2 Å². The molecule has 1 aliphatic heterocycles. The molecular weight excluding hydrogens is 227 g/mol. The first-order valence-corrected chi connectivity index (χ1v) is 6.81. The van der Waals surface area contributed by atoms with Gasteiger partial charge in [-0.1, -0.05) is 26.0 Å². The first-order chi connectivity index (χ1) is 8.58. The lowest BCUT2D eigenvalue weighted by atomic mass is 10.1. The lowest BCUT2D eigenvalue weighted by Gasteiger charge is -2.22. The van der Waals surface area contributed by atoms with Crippen molar-refractivity contribution >= 4 is 5.69 Å². The highest BCUT2D eigenvalue weighted by Gasteiger charge is 2.25. The van der Waals surface area contributed by atoms with E-state index in [1.54, 1.807) is 12.1 Å². The van der Waals surface area contributed by atoms with Crippen LogP contribution in [-0.4, -0.2) is 25.7 Å². The van der Waals surface area contributed by atoms with E-state index in [1.165, 1.54) is 0 Å². The minimum Gasteiger partial charge on any atom is -0.369 e. The van der Waals surface area contributed by atoms with Crippen LogP contribution < -0.4 is 10.2 Å². The van der Waals surface area contributed by atoms with Crippen LogP contribution in [0.5, 0.6) is 0 Å². The van der Waals surface area contributed by atoms with Gasteiger partial charge in [-0.15, -0.1) is 0 Å². The third-order valence-corrected chi connectivity index (χ3v) is 3.61. The Bertz CT molecular complexity index is 383. The largest absolute Gasteiger partial charge is 0.369 e. The predicted molar refractivity (Wildman–Crippen MR) is 74.6 cm³/mol. The second kappa shape index (κ2) is 5.70. The summed E-state index contributed by atoms with van der Waals surface area (Å²) in [5, 5.41) is 3.47. The molecule has 1 atom stereocenters. The number of anilines is 1. The van der Waals surface area contributed by atoms with E-state index >= 15 is 0 Å². The van der Waals surface area contributed by atoms with E-state index < -0.39 is 0 Å². The molecule has 1 N–H and O–H groups in total. The van der Waals surface area contributed by atoms with Crippen LogP contribution >= 0.6 is 0 Å². The van der Waals surface area contributed by atoms with Crippen LogP contribution in [0.15, 0.2) is 18.2 Å². The molecule has 0 aliphatic carbocycles. The molecule has 0 aromatic heterocycles. The van der Waals surface area contributed by atoms with E-state index in [0.717, 1.165) is 37.3 Å². The average molecular weight is 250 g/mol. The maximum absolute atomic E-state index is 13.9. The second-order valence-electron chi connectivity index (χ2n) is 5.57. The van der Waals surface area contributed by atoms with Crippen molar-refractivity contribution in [2.75, 3.05) is 24.5 Å². The highest BCUT2D eigenvalue weighted by Crippen LogP contribution is 2.29. The van der Waals surface area contributed by atoms with E-state index in [9.17, 15) is 4.39 Å². The van der Waals surface area contributed by atoms with Crippen LogP contribution in [0.4, 0.5) is 10.1 Å². The molecule has 3 heteroatoms. The summed E-state index contributed by atoms with van der Waals surface area (Å²) in [4.78, 5) is 2.19. The molecular formula is C15H23FN2. The van der Waals surface area contributed by atoms with E-state index in [-0.39, 0.29) is 5.82 Å². The van der Waals surface area contributed by atoms with Crippen LogP contribution in [-0.2, 0) is 0 Å². The molecule has 1 saturated heterocycles. The summed E-state index contributed by atoms with van der Waals surface area (Å²) in [6, 6.07) is 5.84. The zero-order valence-electron chi connectivity index (χ0n) is 11.5. The summed E-state index contributed by atoms with van der Waals surface area (Å²) in [6.45, 7) is 9.26. The number of hydrogen-bond donors (Lipinski definition) is 1. The van der Waals surface area contributed by atoms with Gasteiger partial charge >= 0.3 is 0 Å². The standard InChI is InChI=1S/C15H23FN2/c1-11(2)17-9-13-7-8-18(10-13)15-12(3)5-4-6-14(15)16/h4-6,11,13,17H,7-10H2,1-3H3. The molecule has 1 heterocycles. The van der Waals surface area contributed by atoms with Gasteiger partial charge in [0.05, 0.1) is 5.69 Å². The Morgan fingerprint density at radius 1 is 1.44 bits per heavy atom. The zero-order valence-corrected chi connectivity index (χ0v) is 11.5. The van der Waals surface area contributed by atoms with Gasteiger partial charge in [-0.2, -0.15) is 0 Å². The summed E-state index contributed by atoms with van der Waals surface area (Å²) in [7, 11) is 0. The molecule has 100 valence electrons. The normalized spacial score (nSPS) is 19.8. The van der Waals surface area contributed by atoms with Crippen molar-refractivity contribution in [2.45, 2.75) is 33.2 Å². The van der Waals surface area contributed by atoms with Crippen molar-refractivity contribution in [1.82, 2.24) is 5.32 Å². The minimum atomic E-state index is -0.0903. The molecule has 1 aliphatic rings. The Labute approximate surface area is 109 Å². The van der Waals surface area contributed by atoms with Gasteiger partial charge in [0.1, 0.15) is 5.82 Å². The highest BCUT2D eigenvalue weighted by molar-refractivity contribution is 5.55. The molecule has 0 saturated carbocycles. The van der Waals surface area contributed by atoms with Crippen LogP contribution in [0.2, 0.25) is 0 Å². The molecule has 0 spiro atoms. The topological polar surface area (TPSA) is 15.3 Å². The van der Waals surface area contributed by atoms with E-state index in [4.69, 9.17) is 0 Å². The molecule has 2 rings (SSSR count). The first-order valence-electron chi connectivity index (χ1n) is 6.81. The van der Waals surface area contributed by atoms with Crippen molar-refractivity contribution < 1.29 is 4.39 Å². The SMILES string of the molecule is Cc1cccc(F)c1N1CCC(CNC(C)C)C1.